The second kappa shape index (κ2) is 10.1. The van der Waals surface area contributed by atoms with Crippen LogP contribution in [0, 0.1) is 0 Å². The van der Waals surface area contributed by atoms with Crippen molar-refractivity contribution >= 4 is 38.6 Å². The fraction of sp³-hybridized carbons (Fsp3) is 0.296. The summed E-state index contributed by atoms with van der Waals surface area (Å²) in [5, 5.41) is 1.11. The minimum atomic E-state index is -3.21. The maximum Gasteiger partial charge on any atom is 0.250 e. The van der Waals surface area contributed by atoms with Crippen LogP contribution >= 0.6 is 23.2 Å². The van der Waals surface area contributed by atoms with E-state index in [4.69, 9.17) is 23.2 Å². The van der Waals surface area contributed by atoms with Crippen LogP contribution in [0.3, 0.4) is 0 Å². The molecule has 34 heavy (non-hydrogen) atoms. The van der Waals surface area contributed by atoms with Gasteiger partial charge < -0.3 is 4.57 Å². The van der Waals surface area contributed by atoms with Gasteiger partial charge in [0.25, 0.3) is 5.56 Å². The second-order valence-electron chi connectivity index (χ2n) is 8.68. The molecule has 0 aliphatic heterocycles. The van der Waals surface area contributed by atoms with Crippen LogP contribution in [0.4, 0.5) is 0 Å². The van der Waals surface area contributed by atoms with E-state index in [-0.39, 0.29) is 17.1 Å². The van der Waals surface area contributed by atoms with Gasteiger partial charge in [-0.2, -0.15) is 0 Å². The summed E-state index contributed by atoms with van der Waals surface area (Å²) in [4.78, 5) is 12.5. The van der Waals surface area contributed by atoms with Crippen molar-refractivity contribution < 1.29 is 8.42 Å². The topological polar surface area (TPSA) is 56.1 Å². The van der Waals surface area contributed by atoms with Crippen LogP contribution in [0.1, 0.15) is 48.4 Å². The van der Waals surface area contributed by atoms with E-state index in [9.17, 15) is 13.2 Å². The third-order valence-electron chi connectivity index (χ3n) is 6.29. The Kier molecular flexibility index (Phi) is 7.36. The van der Waals surface area contributed by atoms with Gasteiger partial charge in [0.2, 0.25) is 0 Å². The first-order chi connectivity index (χ1) is 16.2. The predicted octanol–water partition coefficient (Wildman–Crippen LogP) is 6.45. The van der Waals surface area contributed by atoms with Crippen molar-refractivity contribution in [1.82, 2.24) is 4.57 Å². The largest absolute Gasteiger partial charge is 0.318 e. The average molecular weight is 516 g/mol. The number of benzene rings is 2. The van der Waals surface area contributed by atoms with Crippen LogP contribution in [0.5, 0.6) is 0 Å². The molecule has 1 aromatic heterocycles. The smallest absolute Gasteiger partial charge is 0.250 e. The molecule has 0 unspecified atom stereocenters. The molecule has 0 saturated heterocycles. The summed E-state index contributed by atoms with van der Waals surface area (Å²) < 4.78 is 26.3. The number of allylic oxidation sites excluding steroid dienone is 1. The third kappa shape index (κ3) is 5.17. The molecular weight excluding hydrogens is 489 g/mol. The summed E-state index contributed by atoms with van der Waals surface area (Å²) in [5.41, 5.74) is 5.99. The molecule has 0 amide bonds. The number of hydrogen-bond donors (Lipinski definition) is 0. The molecule has 4 rings (SSSR count). The van der Waals surface area contributed by atoms with E-state index in [0.717, 1.165) is 59.1 Å². The highest BCUT2D eigenvalue weighted by molar-refractivity contribution is 7.90. The predicted molar refractivity (Wildman–Crippen MR) is 141 cm³/mol. The maximum absolute atomic E-state index is 12.5. The number of fused-ring (bicyclic) bond motifs is 3. The third-order valence-corrected chi connectivity index (χ3v) is 8.57. The van der Waals surface area contributed by atoms with Crippen LogP contribution in [0.2, 0.25) is 10.0 Å². The van der Waals surface area contributed by atoms with E-state index in [0.29, 0.717) is 15.6 Å². The van der Waals surface area contributed by atoms with Crippen LogP contribution < -0.4 is 5.56 Å². The quantitative estimate of drug-likeness (QED) is 0.400. The summed E-state index contributed by atoms with van der Waals surface area (Å²) in [6, 6.07) is 12.9. The molecular formula is C27H27Cl2NO3S. The van der Waals surface area contributed by atoms with E-state index >= 15 is 0 Å². The Bertz CT molecular complexity index is 1420. The zero-order valence-electron chi connectivity index (χ0n) is 19.3. The van der Waals surface area contributed by atoms with Crippen molar-refractivity contribution in [3.05, 3.63) is 97.4 Å². The Morgan fingerprint density at radius 1 is 0.971 bits per heavy atom. The number of nitrogens with zero attached hydrogens (tertiary/aromatic N) is 1. The summed E-state index contributed by atoms with van der Waals surface area (Å²) in [5.74, 6) is 0.0410. The lowest BCUT2D eigenvalue weighted by atomic mass is 9.86. The molecule has 0 atom stereocenters. The summed E-state index contributed by atoms with van der Waals surface area (Å²) >= 11 is 13.3. The van der Waals surface area contributed by atoms with Gasteiger partial charge in [0.15, 0.2) is 9.84 Å². The maximum atomic E-state index is 12.5. The fourth-order valence-corrected chi connectivity index (χ4v) is 5.91. The highest BCUT2D eigenvalue weighted by atomic mass is 35.5. The van der Waals surface area contributed by atoms with Crippen molar-refractivity contribution in [2.75, 3.05) is 5.75 Å². The molecule has 0 spiro atoms. The molecule has 0 fully saturated rings. The number of sulfone groups is 1. The van der Waals surface area contributed by atoms with Crippen LogP contribution in [0.25, 0.3) is 16.7 Å². The zero-order chi connectivity index (χ0) is 24.5. The Morgan fingerprint density at radius 2 is 1.71 bits per heavy atom. The van der Waals surface area contributed by atoms with Crippen molar-refractivity contribution in [2.24, 2.45) is 7.05 Å². The molecule has 1 heterocycles. The van der Waals surface area contributed by atoms with Gasteiger partial charge in [-0.15, -0.1) is 0 Å². The van der Waals surface area contributed by atoms with Crippen molar-refractivity contribution in [2.45, 2.75) is 38.4 Å². The molecule has 3 aromatic rings. The number of aryl methyl sites for hydroxylation is 2. The first kappa shape index (κ1) is 24.8. The van der Waals surface area contributed by atoms with E-state index in [1.165, 1.54) is 0 Å². The Labute approximate surface area is 210 Å². The second-order valence-corrected chi connectivity index (χ2v) is 11.8. The van der Waals surface area contributed by atoms with Crippen molar-refractivity contribution in [3.63, 3.8) is 0 Å². The lowest BCUT2D eigenvalue weighted by Crippen LogP contribution is -2.17. The fourth-order valence-electron chi connectivity index (χ4n) is 4.42. The number of aromatic nitrogens is 1. The number of halogens is 2. The minimum Gasteiger partial charge on any atom is -0.318 e. The Morgan fingerprint density at radius 3 is 2.41 bits per heavy atom. The minimum absolute atomic E-state index is 0.0379. The molecule has 1 aliphatic rings. The molecule has 0 N–H and O–H groups in total. The van der Waals surface area contributed by atoms with Gasteiger partial charge in [-0.3, -0.25) is 4.79 Å². The molecule has 7 heteroatoms. The molecule has 0 radical (unpaired) electrons. The SMILES string of the molecule is CCS(=O)(=O)Cc1ccc2c(c1)-c1cn(C)c(=O)cc1CCCCC=C2c1c(Cl)cccc1Cl. The van der Waals surface area contributed by atoms with Crippen LogP contribution in [-0.4, -0.2) is 18.7 Å². The molecule has 0 bridgehead atoms. The highest BCUT2D eigenvalue weighted by Crippen LogP contribution is 2.41. The van der Waals surface area contributed by atoms with Gasteiger partial charge >= 0.3 is 0 Å². The van der Waals surface area contributed by atoms with Gasteiger partial charge in [-0.1, -0.05) is 54.4 Å². The van der Waals surface area contributed by atoms with Gasteiger partial charge in [0.05, 0.1) is 5.75 Å². The summed E-state index contributed by atoms with van der Waals surface area (Å²) in [7, 11) is -1.48. The van der Waals surface area contributed by atoms with E-state index in [2.05, 4.69) is 6.08 Å². The summed E-state index contributed by atoms with van der Waals surface area (Å²) in [6.07, 6.45) is 7.52. The number of hydrogen-bond acceptors (Lipinski definition) is 3. The lowest BCUT2D eigenvalue weighted by Gasteiger charge is -2.21. The van der Waals surface area contributed by atoms with E-state index in [1.54, 1.807) is 24.6 Å². The van der Waals surface area contributed by atoms with Crippen LogP contribution in [-0.2, 0) is 29.1 Å². The standard InChI is InChI=1S/C27H27Cl2NO3S/c1-3-34(32,33)17-18-12-13-20-21(27-24(28)10-7-11-25(27)29)9-6-4-5-8-19-15-26(31)30(2)16-23(19)22(20)14-18/h7,9-16H,3-6,8,17H2,1-2H3. The summed E-state index contributed by atoms with van der Waals surface area (Å²) in [6.45, 7) is 1.65. The van der Waals surface area contributed by atoms with Crippen molar-refractivity contribution in [1.29, 1.82) is 0 Å². The van der Waals surface area contributed by atoms with Gasteiger partial charge in [-0.25, -0.2) is 8.42 Å². The zero-order valence-corrected chi connectivity index (χ0v) is 21.6. The monoisotopic (exact) mass is 515 g/mol. The van der Waals surface area contributed by atoms with Gasteiger partial charge in [-0.05, 0) is 71.7 Å². The van der Waals surface area contributed by atoms with E-state index in [1.807, 2.05) is 42.6 Å². The van der Waals surface area contributed by atoms with E-state index < -0.39 is 9.84 Å². The number of rotatable bonds is 4. The van der Waals surface area contributed by atoms with Crippen molar-refractivity contribution in [3.8, 4) is 11.1 Å². The van der Waals surface area contributed by atoms with Gasteiger partial charge in [0.1, 0.15) is 0 Å². The average Bonchev–Trinajstić information content (AvgIpc) is 2.79. The molecule has 4 nitrogen and oxygen atoms in total. The lowest BCUT2D eigenvalue weighted by molar-refractivity contribution is 0.596. The van der Waals surface area contributed by atoms with Gasteiger partial charge in [0, 0.05) is 46.2 Å². The normalized spacial score (nSPS) is 14.2. The first-order valence-corrected chi connectivity index (χ1v) is 14.0. The molecule has 178 valence electrons. The highest BCUT2D eigenvalue weighted by Gasteiger charge is 2.21. The van der Waals surface area contributed by atoms with Crippen LogP contribution in [0.15, 0.2) is 59.5 Å². The molecule has 2 aromatic carbocycles. The Hall–Kier alpha value is -2.34. The Balaban J connectivity index is 2.04. The first-order valence-electron chi connectivity index (χ1n) is 11.4. The molecule has 1 aliphatic carbocycles. The number of pyridine rings is 1. The molecule has 0 saturated carbocycles.